The van der Waals surface area contributed by atoms with Gasteiger partial charge in [-0.15, -0.1) is 0 Å². The second-order valence-electron chi connectivity index (χ2n) is 5.35. The van der Waals surface area contributed by atoms with Crippen molar-refractivity contribution in [1.82, 2.24) is 0 Å². The number of hydrogen-bond donors (Lipinski definition) is 1. The molecule has 0 spiro atoms. The van der Waals surface area contributed by atoms with Crippen molar-refractivity contribution < 1.29 is 14.1 Å². The highest BCUT2D eigenvalue weighted by atomic mass is 35.5. The molecule has 0 fully saturated rings. The maximum Gasteiger partial charge on any atom is 0.291 e. The molecule has 0 saturated heterocycles. The zero-order chi connectivity index (χ0) is 18.0. The molecule has 0 aliphatic carbocycles. The lowest BCUT2D eigenvalue weighted by Crippen LogP contribution is -2.11. The minimum Gasteiger partial charge on any atom is -0.451 e. The summed E-state index contributed by atoms with van der Waals surface area (Å²) in [7, 11) is 0. The van der Waals surface area contributed by atoms with Crippen LogP contribution in [0.5, 0.6) is 0 Å². The highest BCUT2D eigenvalue weighted by Gasteiger charge is 2.16. The molecule has 1 amide bonds. The summed E-state index contributed by atoms with van der Waals surface area (Å²) in [6.07, 6.45) is 0. The Kier molecular flexibility index (Phi) is 4.54. The average Bonchev–Trinajstić information content (AvgIpc) is 3.06. The number of nitrogens with zero attached hydrogens (tertiary/aromatic N) is 1. The lowest BCUT2D eigenvalue weighted by molar-refractivity contribution is -0.384. The molecule has 3 rings (SSSR count). The van der Waals surface area contributed by atoms with E-state index in [4.69, 9.17) is 16.0 Å². The Morgan fingerprint density at radius 2 is 1.92 bits per heavy atom. The van der Waals surface area contributed by atoms with Crippen LogP contribution in [-0.2, 0) is 0 Å². The maximum atomic E-state index is 12.3. The first-order valence-electron chi connectivity index (χ1n) is 7.37. The summed E-state index contributed by atoms with van der Waals surface area (Å²) in [5.74, 6) is 0.0843. The summed E-state index contributed by atoms with van der Waals surface area (Å²) >= 11 is 6.08. The molecule has 126 valence electrons. The molecule has 1 heterocycles. The molecule has 0 radical (unpaired) electrons. The number of carbonyl (C=O) groups is 1. The first-order chi connectivity index (χ1) is 12.0. The number of rotatable bonds is 4. The van der Waals surface area contributed by atoms with Crippen LogP contribution in [0.2, 0.25) is 5.02 Å². The van der Waals surface area contributed by atoms with Crippen LogP contribution in [0.4, 0.5) is 11.4 Å². The second-order valence-corrected chi connectivity index (χ2v) is 5.76. The molecule has 0 aliphatic heterocycles. The predicted octanol–water partition coefficient (Wildman–Crippen LogP) is 5.07. The lowest BCUT2D eigenvalue weighted by Gasteiger charge is -2.06. The Balaban J connectivity index is 1.84. The van der Waals surface area contributed by atoms with Crippen LogP contribution >= 0.6 is 11.6 Å². The van der Waals surface area contributed by atoms with Crippen LogP contribution in [0.15, 0.2) is 59.0 Å². The fourth-order valence-electron chi connectivity index (χ4n) is 2.32. The molecule has 0 unspecified atom stereocenters. The number of halogens is 1. The van der Waals surface area contributed by atoms with Gasteiger partial charge in [-0.05, 0) is 36.8 Å². The van der Waals surface area contributed by atoms with Gasteiger partial charge in [0, 0.05) is 23.4 Å². The van der Waals surface area contributed by atoms with Crippen LogP contribution < -0.4 is 5.32 Å². The van der Waals surface area contributed by atoms with Gasteiger partial charge in [0.25, 0.3) is 11.6 Å². The van der Waals surface area contributed by atoms with E-state index < -0.39 is 10.8 Å². The number of anilines is 1. The van der Waals surface area contributed by atoms with E-state index >= 15 is 0 Å². The Bertz CT molecular complexity index is 965. The van der Waals surface area contributed by atoms with Gasteiger partial charge in [-0.3, -0.25) is 14.9 Å². The highest BCUT2D eigenvalue weighted by molar-refractivity contribution is 6.33. The van der Waals surface area contributed by atoms with Crippen LogP contribution in [0.25, 0.3) is 11.3 Å². The van der Waals surface area contributed by atoms with Gasteiger partial charge in [0.15, 0.2) is 5.76 Å². The van der Waals surface area contributed by atoms with E-state index in [-0.39, 0.29) is 16.5 Å². The van der Waals surface area contributed by atoms with Crippen molar-refractivity contribution in [3.63, 3.8) is 0 Å². The molecular formula is C18H13ClN2O4. The minimum absolute atomic E-state index is 0.113. The van der Waals surface area contributed by atoms with Crippen molar-refractivity contribution in [1.29, 1.82) is 0 Å². The number of amides is 1. The molecule has 7 heteroatoms. The van der Waals surface area contributed by atoms with Crippen molar-refractivity contribution in [2.24, 2.45) is 0 Å². The summed E-state index contributed by atoms with van der Waals surface area (Å²) in [6, 6.07) is 14.6. The Hall–Kier alpha value is -3.12. The average molecular weight is 357 g/mol. The number of nitro groups is 1. The minimum atomic E-state index is -0.529. The van der Waals surface area contributed by atoms with E-state index in [1.54, 1.807) is 12.1 Å². The number of carbonyl (C=O) groups excluding carboxylic acids is 1. The number of benzene rings is 2. The van der Waals surface area contributed by atoms with Crippen LogP contribution in [0.1, 0.15) is 16.1 Å². The van der Waals surface area contributed by atoms with Crippen molar-refractivity contribution >= 4 is 28.9 Å². The third-order valence-corrected chi connectivity index (χ3v) is 3.96. The van der Waals surface area contributed by atoms with Gasteiger partial charge in [-0.25, -0.2) is 0 Å². The van der Waals surface area contributed by atoms with Crippen LogP contribution in [0, 0.1) is 17.0 Å². The Morgan fingerprint density at radius 3 is 2.60 bits per heavy atom. The van der Waals surface area contributed by atoms with Gasteiger partial charge in [-0.1, -0.05) is 29.8 Å². The van der Waals surface area contributed by atoms with Gasteiger partial charge in [0.1, 0.15) is 5.76 Å². The van der Waals surface area contributed by atoms with Gasteiger partial charge in [0.2, 0.25) is 0 Å². The molecule has 1 aromatic heterocycles. The van der Waals surface area contributed by atoms with E-state index in [2.05, 4.69) is 5.32 Å². The fourth-order valence-corrected chi connectivity index (χ4v) is 2.59. The number of nitrogens with one attached hydrogen (secondary N) is 1. The van der Waals surface area contributed by atoms with E-state index in [0.717, 1.165) is 5.56 Å². The number of nitro benzene ring substituents is 1. The summed E-state index contributed by atoms with van der Waals surface area (Å²) in [6.45, 7) is 1.89. The number of aryl methyl sites for hydroxylation is 1. The summed E-state index contributed by atoms with van der Waals surface area (Å²) < 4.78 is 5.56. The molecule has 3 aromatic rings. The quantitative estimate of drug-likeness (QED) is 0.522. The molecular weight excluding hydrogens is 344 g/mol. The molecule has 0 atom stereocenters. The highest BCUT2D eigenvalue weighted by Crippen LogP contribution is 2.32. The van der Waals surface area contributed by atoms with Gasteiger partial charge in [0.05, 0.1) is 9.95 Å². The van der Waals surface area contributed by atoms with Crippen LogP contribution in [-0.4, -0.2) is 10.8 Å². The van der Waals surface area contributed by atoms with Crippen molar-refractivity contribution in [2.45, 2.75) is 6.92 Å². The number of para-hydroxylation sites is 1. The standard InChI is InChI=1S/C18H13ClN2O4/c1-11-4-2-3-5-15(11)20-18(22)17-9-8-16(25-17)13-7-6-12(21(23)24)10-14(13)19/h2-10H,1H3,(H,20,22). The third kappa shape index (κ3) is 3.54. The molecule has 2 aromatic carbocycles. The first kappa shape index (κ1) is 16.7. The summed E-state index contributed by atoms with van der Waals surface area (Å²) in [4.78, 5) is 22.5. The fraction of sp³-hybridized carbons (Fsp3) is 0.0556. The molecule has 0 bridgehead atoms. The topological polar surface area (TPSA) is 85.4 Å². The zero-order valence-corrected chi connectivity index (χ0v) is 13.9. The van der Waals surface area contributed by atoms with Gasteiger partial charge < -0.3 is 9.73 Å². The molecule has 0 saturated carbocycles. The number of furan rings is 1. The number of non-ortho nitro benzene ring substituents is 1. The Morgan fingerprint density at radius 1 is 1.16 bits per heavy atom. The molecule has 25 heavy (non-hydrogen) atoms. The predicted molar refractivity (Wildman–Crippen MR) is 94.9 cm³/mol. The lowest BCUT2D eigenvalue weighted by atomic mass is 10.1. The molecule has 6 nitrogen and oxygen atoms in total. The Labute approximate surface area is 148 Å². The molecule has 0 aliphatic rings. The second kappa shape index (κ2) is 6.78. The smallest absolute Gasteiger partial charge is 0.291 e. The summed E-state index contributed by atoms with van der Waals surface area (Å²) in [5.41, 5.74) is 1.99. The van der Waals surface area contributed by atoms with Crippen molar-refractivity contribution in [3.05, 3.63) is 81.1 Å². The molecule has 1 N–H and O–H groups in total. The van der Waals surface area contributed by atoms with Crippen molar-refractivity contribution in [3.8, 4) is 11.3 Å². The summed E-state index contributed by atoms with van der Waals surface area (Å²) in [5, 5.41) is 13.7. The number of hydrogen-bond acceptors (Lipinski definition) is 4. The van der Waals surface area contributed by atoms with Crippen molar-refractivity contribution in [2.75, 3.05) is 5.32 Å². The zero-order valence-electron chi connectivity index (χ0n) is 13.2. The van der Waals surface area contributed by atoms with Crippen LogP contribution in [0.3, 0.4) is 0 Å². The normalized spacial score (nSPS) is 10.5. The largest absolute Gasteiger partial charge is 0.451 e. The van der Waals surface area contributed by atoms with E-state index in [9.17, 15) is 14.9 Å². The SMILES string of the molecule is Cc1ccccc1NC(=O)c1ccc(-c2ccc([N+](=O)[O-])cc2Cl)o1. The van der Waals surface area contributed by atoms with E-state index in [1.165, 1.54) is 24.3 Å². The first-order valence-corrected chi connectivity index (χ1v) is 7.74. The van der Waals surface area contributed by atoms with E-state index in [1.807, 2.05) is 25.1 Å². The maximum absolute atomic E-state index is 12.3. The monoisotopic (exact) mass is 356 g/mol. The van der Waals surface area contributed by atoms with Gasteiger partial charge in [-0.2, -0.15) is 0 Å². The third-order valence-electron chi connectivity index (χ3n) is 3.65. The van der Waals surface area contributed by atoms with E-state index in [0.29, 0.717) is 17.0 Å². The van der Waals surface area contributed by atoms with Gasteiger partial charge >= 0.3 is 0 Å².